The Morgan fingerprint density at radius 3 is 2.59 bits per heavy atom. The van der Waals surface area contributed by atoms with Crippen LogP contribution in [0.3, 0.4) is 0 Å². The summed E-state index contributed by atoms with van der Waals surface area (Å²) in [7, 11) is 1.35. The van der Waals surface area contributed by atoms with E-state index >= 15 is 0 Å². The maximum atomic E-state index is 13.1. The van der Waals surface area contributed by atoms with E-state index in [1.54, 1.807) is 10.00 Å². The molecule has 2 amide bonds. The number of hydrogen-bond acceptors (Lipinski definition) is 9. The standard InChI is InChI=1S/C23H24F6N6O5S/c1-12(40-16-9-31-32-20(37)18(16)23(27,28)29)41-11-39-6-3-17(36)34-4-5-35-15(10-34)21(38)33(2)14-7-13(22(24,25)26)8-30-19(14)35/h7-9,12,15H,3-6,10-11H2,1-2H3,(H,32,37)/t12-,15-/m1/s1. The first-order chi connectivity index (χ1) is 19.2. The molecule has 2 aliphatic rings. The highest BCUT2D eigenvalue weighted by Crippen LogP contribution is 2.39. The van der Waals surface area contributed by atoms with E-state index < -0.39 is 52.2 Å². The molecular formula is C23H24F6N6O5S. The van der Waals surface area contributed by atoms with Crippen LogP contribution in [0.15, 0.2) is 23.3 Å². The molecule has 1 N–H and O–H groups in total. The molecule has 1 saturated heterocycles. The van der Waals surface area contributed by atoms with Crippen LogP contribution in [0.5, 0.6) is 5.75 Å². The lowest BCUT2D eigenvalue weighted by Crippen LogP contribution is -2.63. The van der Waals surface area contributed by atoms with Gasteiger partial charge in [-0.15, -0.1) is 0 Å². The van der Waals surface area contributed by atoms with Gasteiger partial charge in [0.05, 0.1) is 43.0 Å². The van der Waals surface area contributed by atoms with Crippen molar-refractivity contribution in [2.75, 3.05) is 49.0 Å². The quantitative estimate of drug-likeness (QED) is 0.273. The van der Waals surface area contributed by atoms with E-state index in [1.807, 2.05) is 0 Å². The van der Waals surface area contributed by atoms with Gasteiger partial charge in [0.15, 0.2) is 17.1 Å². The van der Waals surface area contributed by atoms with Crippen LogP contribution < -0.4 is 20.1 Å². The highest BCUT2D eigenvalue weighted by molar-refractivity contribution is 7.99. The molecule has 0 spiro atoms. The zero-order chi connectivity index (χ0) is 30.1. The number of amides is 2. The van der Waals surface area contributed by atoms with Crippen molar-refractivity contribution in [3.63, 3.8) is 0 Å². The van der Waals surface area contributed by atoms with E-state index in [2.05, 4.69) is 10.1 Å². The molecule has 41 heavy (non-hydrogen) atoms. The number of halogens is 6. The first kappa shape index (κ1) is 30.4. The zero-order valence-electron chi connectivity index (χ0n) is 21.6. The Morgan fingerprint density at radius 1 is 1.17 bits per heavy atom. The largest absolute Gasteiger partial charge is 0.477 e. The highest BCUT2D eigenvalue weighted by atomic mass is 32.2. The summed E-state index contributed by atoms with van der Waals surface area (Å²) in [6, 6.07) is 0.0613. The number of carbonyl (C=O) groups excluding carboxylic acids is 2. The normalized spacial score (nSPS) is 18.2. The molecule has 0 unspecified atom stereocenters. The molecule has 224 valence electrons. The maximum Gasteiger partial charge on any atom is 0.425 e. The van der Waals surface area contributed by atoms with E-state index in [-0.39, 0.29) is 56.0 Å². The Bertz CT molecular complexity index is 1360. The van der Waals surface area contributed by atoms with Crippen molar-refractivity contribution in [1.82, 2.24) is 20.1 Å². The molecule has 1 fully saturated rings. The molecule has 2 aliphatic heterocycles. The Morgan fingerprint density at radius 2 is 1.90 bits per heavy atom. The number of fused-ring (bicyclic) bond motifs is 3. The van der Waals surface area contributed by atoms with Gasteiger partial charge in [0.1, 0.15) is 11.5 Å². The SMILES string of the molecule is C[C@H](Oc1cn[nH]c(=O)c1C(F)(F)F)SCOCCC(=O)N1CCN2c3ncc(C(F)(F)F)cc3N(C)C(=O)[C@H]2C1. The van der Waals surface area contributed by atoms with Crippen LogP contribution in [0.2, 0.25) is 0 Å². The third-order valence-electron chi connectivity index (χ3n) is 6.40. The van der Waals surface area contributed by atoms with Gasteiger partial charge in [-0.25, -0.2) is 10.1 Å². The summed E-state index contributed by atoms with van der Waals surface area (Å²) in [5.74, 6) is -1.31. The van der Waals surface area contributed by atoms with E-state index in [0.717, 1.165) is 28.9 Å². The maximum absolute atomic E-state index is 13.1. The van der Waals surface area contributed by atoms with Crippen LogP contribution in [0.4, 0.5) is 37.8 Å². The van der Waals surface area contributed by atoms with Gasteiger partial charge in [-0.05, 0) is 13.0 Å². The second-order valence-electron chi connectivity index (χ2n) is 9.08. The number of carbonyl (C=O) groups is 2. The van der Waals surface area contributed by atoms with E-state index in [9.17, 15) is 40.7 Å². The molecule has 18 heteroatoms. The number of likely N-dealkylation sites (N-methyl/N-ethyl adjacent to an activating group) is 1. The first-order valence-corrected chi connectivity index (χ1v) is 13.1. The minimum absolute atomic E-state index is 0.00948. The number of H-pyrrole nitrogens is 1. The van der Waals surface area contributed by atoms with Crippen molar-refractivity contribution in [3.05, 3.63) is 39.9 Å². The molecule has 4 rings (SSSR count). The Balaban J connectivity index is 1.26. The molecule has 0 aliphatic carbocycles. The second-order valence-corrected chi connectivity index (χ2v) is 10.3. The Hall–Kier alpha value is -3.54. The minimum atomic E-state index is -4.94. The lowest BCUT2D eigenvalue weighted by molar-refractivity contribution is -0.140. The van der Waals surface area contributed by atoms with Gasteiger partial charge in [0, 0.05) is 26.3 Å². The van der Waals surface area contributed by atoms with Gasteiger partial charge in [0.2, 0.25) is 5.91 Å². The average molecular weight is 611 g/mol. The van der Waals surface area contributed by atoms with Crippen molar-refractivity contribution >= 4 is 35.1 Å². The van der Waals surface area contributed by atoms with Crippen molar-refractivity contribution < 1.29 is 45.4 Å². The monoisotopic (exact) mass is 610 g/mol. The number of thioether (sulfide) groups is 1. The number of pyridine rings is 1. The van der Waals surface area contributed by atoms with E-state index in [1.165, 1.54) is 18.9 Å². The van der Waals surface area contributed by atoms with Crippen molar-refractivity contribution in [1.29, 1.82) is 0 Å². The molecule has 4 heterocycles. The fourth-order valence-corrected chi connectivity index (χ4v) is 4.94. The summed E-state index contributed by atoms with van der Waals surface area (Å²) in [5, 5.41) is 5.04. The van der Waals surface area contributed by atoms with Gasteiger partial charge in [-0.3, -0.25) is 14.4 Å². The molecule has 0 aromatic carbocycles. The number of ether oxygens (including phenoxy) is 2. The van der Waals surface area contributed by atoms with Crippen LogP contribution in [0.1, 0.15) is 24.5 Å². The number of aromatic nitrogens is 3. The summed E-state index contributed by atoms with van der Waals surface area (Å²) in [6.07, 6.45) is -8.14. The van der Waals surface area contributed by atoms with Crippen molar-refractivity contribution in [2.24, 2.45) is 0 Å². The number of nitrogens with zero attached hydrogens (tertiary/aromatic N) is 5. The third-order valence-corrected chi connectivity index (χ3v) is 7.27. The zero-order valence-corrected chi connectivity index (χ0v) is 22.4. The molecular weight excluding hydrogens is 586 g/mol. The van der Waals surface area contributed by atoms with Crippen LogP contribution in [0.25, 0.3) is 0 Å². The fraction of sp³-hybridized carbons (Fsp3) is 0.522. The van der Waals surface area contributed by atoms with Crippen LogP contribution >= 0.6 is 11.8 Å². The molecule has 0 radical (unpaired) electrons. The lowest BCUT2D eigenvalue weighted by atomic mass is 10.0. The summed E-state index contributed by atoms with van der Waals surface area (Å²) in [5.41, 5.74) is -4.71. The van der Waals surface area contributed by atoms with Crippen LogP contribution in [0, 0.1) is 0 Å². The fourth-order valence-electron chi connectivity index (χ4n) is 4.36. The number of hydrogen-bond donors (Lipinski definition) is 1. The highest BCUT2D eigenvalue weighted by Gasteiger charge is 2.43. The lowest BCUT2D eigenvalue weighted by Gasteiger charge is -2.46. The Kier molecular flexibility index (Phi) is 8.72. The van der Waals surface area contributed by atoms with Crippen LogP contribution in [-0.4, -0.2) is 82.6 Å². The van der Waals surface area contributed by atoms with Gasteiger partial charge in [0.25, 0.3) is 11.5 Å². The number of rotatable bonds is 8. The van der Waals surface area contributed by atoms with Gasteiger partial charge < -0.3 is 24.2 Å². The Labute approximate surface area is 232 Å². The summed E-state index contributed by atoms with van der Waals surface area (Å²) >= 11 is 0.984. The van der Waals surface area contributed by atoms with Gasteiger partial charge in [-0.2, -0.15) is 31.4 Å². The summed E-state index contributed by atoms with van der Waals surface area (Å²) in [6.45, 7) is 1.83. The summed E-state index contributed by atoms with van der Waals surface area (Å²) < 4.78 is 89.4. The van der Waals surface area contributed by atoms with Crippen LogP contribution in [-0.2, 0) is 26.7 Å². The number of anilines is 2. The predicted molar refractivity (Wildman–Crippen MR) is 133 cm³/mol. The number of piperazine rings is 1. The first-order valence-electron chi connectivity index (χ1n) is 12.1. The number of nitrogens with one attached hydrogen (secondary N) is 1. The molecule has 0 saturated carbocycles. The van der Waals surface area contributed by atoms with Crippen molar-refractivity contribution in [2.45, 2.75) is 37.2 Å². The van der Waals surface area contributed by atoms with Gasteiger partial charge in [-0.1, -0.05) is 11.8 Å². The molecule has 11 nitrogen and oxygen atoms in total. The molecule has 2 aromatic heterocycles. The van der Waals surface area contributed by atoms with E-state index in [4.69, 9.17) is 9.47 Å². The summed E-state index contributed by atoms with van der Waals surface area (Å²) in [4.78, 5) is 45.3. The smallest absolute Gasteiger partial charge is 0.425 e. The molecule has 2 atom stereocenters. The predicted octanol–water partition coefficient (Wildman–Crippen LogP) is 2.72. The molecule has 0 bridgehead atoms. The van der Waals surface area contributed by atoms with E-state index in [0.29, 0.717) is 6.20 Å². The average Bonchev–Trinajstić information content (AvgIpc) is 2.89. The second kappa shape index (κ2) is 11.8. The number of aromatic amines is 1. The van der Waals surface area contributed by atoms with Crippen molar-refractivity contribution in [3.8, 4) is 5.75 Å². The topological polar surface area (TPSA) is 121 Å². The third kappa shape index (κ3) is 6.69. The van der Waals surface area contributed by atoms with Gasteiger partial charge >= 0.3 is 12.4 Å². The number of alkyl halides is 6. The minimum Gasteiger partial charge on any atom is -0.477 e. The molecule has 2 aromatic rings.